The molecule has 0 unspecified atom stereocenters. The molecular formula is C31H40ClNO4. The van der Waals surface area contributed by atoms with Crippen LogP contribution in [-0.2, 0) is 6.42 Å². The monoisotopic (exact) mass is 525 g/mol. The summed E-state index contributed by atoms with van der Waals surface area (Å²) in [7, 11) is 0. The zero-order valence-electron chi connectivity index (χ0n) is 21.9. The lowest BCUT2D eigenvalue weighted by Gasteiger charge is -2.18. The van der Waals surface area contributed by atoms with E-state index in [1.807, 2.05) is 42.5 Å². The Morgan fingerprint density at radius 1 is 0.919 bits per heavy atom. The van der Waals surface area contributed by atoms with E-state index in [-0.39, 0.29) is 24.0 Å². The van der Waals surface area contributed by atoms with Gasteiger partial charge in [-0.1, -0.05) is 93.3 Å². The lowest BCUT2D eigenvalue weighted by atomic mass is 9.99. The maximum atomic E-state index is 11.7. The third-order valence-corrected chi connectivity index (χ3v) is 6.39. The minimum absolute atomic E-state index is 0. The SMILES string of the molecule is CCCCCCCOc1cc(-c2ccc(C[C@@H](C)NC[C@H](O)c3ccccc3)cc2)ccc1C(=O)O.Cl. The van der Waals surface area contributed by atoms with Crippen LogP contribution in [0.5, 0.6) is 5.75 Å². The molecule has 5 nitrogen and oxygen atoms in total. The number of halogens is 1. The van der Waals surface area contributed by atoms with Crippen LogP contribution in [0.1, 0.15) is 73.5 Å². The second-order valence-corrected chi connectivity index (χ2v) is 9.42. The summed E-state index contributed by atoms with van der Waals surface area (Å²) in [4.78, 5) is 11.7. The van der Waals surface area contributed by atoms with Crippen molar-refractivity contribution in [2.24, 2.45) is 0 Å². The van der Waals surface area contributed by atoms with Gasteiger partial charge in [-0.05, 0) is 54.2 Å². The number of carbonyl (C=O) groups is 1. The first-order chi connectivity index (χ1) is 17.5. The topological polar surface area (TPSA) is 78.8 Å². The van der Waals surface area contributed by atoms with E-state index in [4.69, 9.17) is 4.74 Å². The molecule has 0 aliphatic heterocycles. The average Bonchev–Trinajstić information content (AvgIpc) is 2.90. The quantitative estimate of drug-likeness (QED) is 0.185. The lowest BCUT2D eigenvalue weighted by Crippen LogP contribution is -2.32. The molecule has 3 aromatic carbocycles. The van der Waals surface area contributed by atoms with Gasteiger partial charge in [0.1, 0.15) is 11.3 Å². The Bertz CT molecular complexity index is 1070. The number of ether oxygens (including phenoxy) is 1. The van der Waals surface area contributed by atoms with Gasteiger partial charge < -0.3 is 20.3 Å². The molecule has 0 bridgehead atoms. The Balaban J connectivity index is 0.00000481. The van der Waals surface area contributed by atoms with Crippen molar-refractivity contribution in [1.82, 2.24) is 5.32 Å². The zero-order valence-corrected chi connectivity index (χ0v) is 22.7. The lowest BCUT2D eigenvalue weighted by molar-refractivity contribution is 0.0692. The van der Waals surface area contributed by atoms with Crippen molar-refractivity contribution in [3.63, 3.8) is 0 Å². The van der Waals surface area contributed by atoms with Gasteiger partial charge in [0, 0.05) is 12.6 Å². The van der Waals surface area contributed by atoms with E-state index in [1.165, 1.54) is 24.8 Å². The second kappa shape index (κ2) is 16.1. The van der Waals surface area contributed by atoms with E-state index in [1.54, 1.807) is 6.07 Å². The van der Waals surface area contributed by atoms with Crippen LogP contribution < -0.4 is 10.1 Å². The highest BCUT2D eigenvalue weighted by atomic mass is 35.5. The summed E-state index contributed by atoms with van der Waals surface area (Å²) in [5.74, 6) is -0.550. The Hall–Kier alpha value is -2.86. The number of rotatable bonds is 15. The van der Waals surface area contributed by atoms with Crippen molar-refractivity contribution in [2.45, 2.75) is 64.5 Å². The number of hydrogen-bond donors (Lipinski definition) is 3. The molecule has 6 heteroatoms. The molecule has 0 radical (unpaired) electrons. The maximum absolute atomic E-state index is 11.7. The first-order valence-electron chi connectivity index (χ1n) is 13.0. The molecule has 37 heavy (non-hydrogen) atoms. The number of aliphatic hydroxyl groups excluding tert-OH is 1. The predicted molar refractivity (Wildman–Crippen MR) is 153 cm³/mol. The van der Waals surface area contributed by atoms with Gasteiger partial charge in [-0.15, -0.1) is 12.4 Å². The molecule has 0 fully saturated rings. The third-order valence-electron chi connectivity index (χ3n) is 6.39. The van der Waals surface area contributed by atoms with Crippen LogP contribution >= 0.6 is 12.4 Å². The number of aromatic carboxylic acids is 1. The summed E-state index contributed by atoms with van der Waals surface area (Å²) in [6.45, 7) is 5.32. The first-order valence-corrected chi connectivity index (χ1v) is 13.0. The molecule has 3 rings (SSSR count). The van der Waals surface area contributed by atoms with Gasteiger partial charge in [-0.25, -0.2) is 4.79 Å². The van der Waals surface area contributed by atoms with Gasteiger partial charge in [0.05, 0.1) is 12.7 Å². The predicted octanol–water partition coefficient (Wildman–Crippen LogP) is 7.08. The summed E-state index contributed by atoms with van der Waals surface area (Å²) in [5, 5.41) is 23.3. The van der Waals surface area contributed by atoms with Crippen LogP contribution in [0.4, 0.5) is 0 Å². The smallest absolute Gasteiger partial charge is 0.339 e. The first kappa shape index (κ1) is 30.4. The molecule has 0 saturated heterocycles. The highest BCUT2D eigenvalue weighted by Gasteiger charge is 2.14. The summed E-state index contributed by atoms with van der Waals surface area (Å²) >= 11 is 0. The number of carboxylic acids is 1. The molecule has 0 aliphatic carbocycles. The molecule has 0 heterocycles. The molecule has 200 valence electrons. The van der Waals surface area contributed by atoms with Crippen molar-refractivity contribution in [3.05, 3.63) is 89.5 Å². The number of carboxylic acid groups (broad SMARTS) is 1. The fourth-order valence-electron chi connectivity index (χ4n) is 4.25. The molecule has 0 spiro atoms. The second-order valence-electron chi connectivity index (χ2n) is 9.42. The van der Waals surface area contributed by atoms with E-state index < -0.39 is 12.1 Å². The Morgan fingerprint density at radius 3 is 2.27 bits per heavy atom. The number of aliphatic hydroxyl groups is 1. The van der Waals surface area contributed by atoms with Crippen LogP contribution in [0.15, 0.2) is 72.8 Å². The van der Waals surface area contributed by atoms with Crippen LogP contribution in [0.25, 0.3) is 11.1 Å². The number of nitrogens with one attached hydrogen (secondary N) is 1. The van der Waals surface area contributed by atoms with Crippen LogP contribution in [0.3, 0.4) is 0 Å². The van der Waals surface area contributed by atoms with Crippen LogP contribution in [0.2, 0.25) is 0 Å². The van der Waals surface area contributed by atoms with E-state index in [0.717, 1.165) is 36.0 Å². The Labute approximate surface area is 227 Å². The minimum atomic E-state index is -0.975. The third kappa shape index (κ3) is 9.84. The number of hydrogen-bond acceptors (Lipinski definition) is 4. The van der Waals surface area contributed by atoms with Crippen LogP contribution in [-0.4, -0.2) is 35.4 Å². The highest BCUT2D eigenvalue weighted by Crippen LogP contribution is 2.28. The Kier molecular flexibility index (Phi) is 13.2. The fraction of sp³-hybridized carbons (Fsp3) is 0.387. The molecule has 3 N–H and O–H groups in total. The molecule has 3 aromatic rings. The van der Waals surface area contributed by atoms with Gasteiger partial charge in [-0.3, -0.25) is 0 Å². The van der Waals surface area contributed by atoms with E-state index >= 15 is 0 Å². The van der Waals surface area contributed by atoms with Crippen molar-refractivity contribution < 1.29 is 19.7 Å². The van der Waals surface area contributed by atoms with Gasteiger partial charge in [0.25, 0.3) is 0 Å². The minimum Gasteiger partial charge on any atom is -0.493 e. The molecule has 0 aromatic heterocycles. The zero-order chi connectivity index (χ0) is 25.8. The van der Waals surface area contributed by atoms with Crippen molar-refractivity contribution >= 4 is 18.4 Å². The molecule has 0 aliphatic rings. The summed E-state index contributed by atoms with van der Waals surface area (Å²) < 4.78 is 5.89. The standard InChI is InChI=1S/C31H39NO4.ClH/c1-3-4-5-6-10-19-36-30-21-27(17-18-28(30)31(34)35)25-15-13-24(14-16-25)20-23(2)32-22-29(33)26-11-8-7-9-12-26;/h7-9,11-18,21,23,29,32-33H,3-6,10,19-20,22H2,1-2H3,(H,34,35);1H/t23-,29+;/m1./s1. The molecule has 0 saturated carbocycles. The van der Waals surface area contributed by atoms with Gasteiger partial charge >= 0.3 is 5.97 Å². The van der Waals surface area contributed by atoms with E-state index in [0.29, 0.717) is 18.9 Å². The summed E-state index contributed by atoms with van der Waals surface area (Å²) in [5.41, 5.74) is 4.25. The molecule has 0 amide bonds. The van der Waals surface area contributed by atoms with Crippen molar-refractivity contribution in [2.75, 3.05) is 13.2 Å². The van der Waals surface area contributed by atoms with Crippen molar-refractivity contribution in [1.29, 1.82) is 0 Å². The number of unbranched alkanes of at least 4 members (excludes halogenated alkanes) is 4. The normalized spacial score (nSPS) is 12.4. The molecular weight excluding hydrogens is 486 g/mol. The van der Waals surface area contributed by atoms with Crippen molar-refractivity contribution in [3.8, 4) is 16.9 Å². The summed E-state index contributed by atoms with van der Waals surface area (Å²) in [6, 6.07) is 23.5. The largest absolute Gasteiger partial charge is 0.493 e. The fourth-order valence-corrected chi connectivity index (χ4v) is 4.25. The van der Waals surface area contributed by atoms with Gasteiger partial charge in [-0.2, -0.15) is 0 Å². The van der Waals surface area contributed by atoms with Gasteiger partial charge in [0.15, 0.2) is 0 Å². The van der Waals surface area contributed by atoms with Gasteiger partial charge in [0.2, 0.25) is 0 Å². The average molecular weight is 526 g/mol. The molecule has 2 atom stereocenters. The number of benzene rings is 3. The van der Waals surface area contributed by atoms with Crippen LogP contribution in [0, 0.1) is 0 Å². The van der Waals surface area contributed by atoms with E-state index in [9.17, 15) is 15.0 Å². The Morgan fingerprint density at radius 2 is 1.59 bits per heavy atom. The highest BCUT2D eigenvalue weighted by molar-refractivity contribution is 5.92. The van der Waals surface area contributed by atoms with E-state index in [2.05, 4.69) is 43.4 Å². The summed E-state index contributed by atoms with van der Waals surface area (Å²) in [6.07, 6.45) is 5.92. The maximum Gasteiger partial charge on any atom is 0.339 e.